The Kier molecular flexibility index (Phi) is 26.4. The Hall–Kier alpha value is -9.44. The average Bonchev–Trinajstić information content (AvgIpc) is 1.54. The molecule has 0 saturated heterocycles. The van der Waals surface area contributed by atoms with Gasteiger partial charge in [0.1, 0.15) is 49.3 Å². The van der Waals surface area contributed by atoms with Crippen molar-refractivity contribution in [3.63, 3.8) is 0 Å². The lowest BCUT2D eigenvalue weighted by Gasteiger charge is -2.45. The van der Waals surface area contributed by atoms with Gasteiger partial charge in [0.05, 0.1) is 44.2 Å². The fourth-order valence-corrected chi connectivity index (χ4v) is 22.5. The number of hydrogen-bond acceptors (Lipinski definition) is 20. The Morgan fingerprint density at radius 3 is 0.860 bits per heavy atom. The zero-order valence-corrected chi connectivity index (χ0v) is 72.4. The van der Waals surface area contributed by atoms with Crippen LogP contribution < -0.4 is 41.9 Å². The highest BCUT2D eigenvalue weighted by Gasteiger charge is 2.72. The Labute approximate surface area is 734 Å². The second-order valence-corrected chi connectivity index (χ2v) is 36.9. The van der Waals surface area contributed by atoms with Crippen LogP contribution in [-0.4, -0.2) is 210 Å². The molecule has 0 bridgehead atoms. The van der Waals surface area contributed by atoms with Crippen LogP contribution in [0.15, 0.2) is 92.8 Å². The van der Waals surface area contributed by atoms with E-state index in [-0.39, 0.29) is 65.9 Å². The number of nitrogens with two attached hydrogens (primary N) is 4. The third-order valence-corrected chi connectivity index (χ3v) is 28.8. The number of hydrogen-bond donors (Lipinski definition) is 4. The van der Waals surface area contributed by atoms with Crippen LogP contribution in [0, 0.1) is 33.5 Å². The van der Waals surface area contributed by atoms with Crippen molar-refractivity contribution < 1.29 is 127 Å². The molecule has 4 aromatic carbocycles. The Morgan fingerprint density at radius 1 is 0.372 bits per heavy atom. The third kappa shape index (κ3) is 17.8. The summed E-state index contributed by atoms with van der Waals surface area (Å²) in [6.45, 7) is -3.31. The van der Waals surface area contributed by atoms with Crippen LogP contribution in [0.25, 0.3) is 0 Å². The fourth-order valence-electron chi connectivity index (χ4n) is 22.5. The van der Waals surface area contributed by atoms with E-state index in [1.807, 2.05) is 44.2 Å². The van der Waals surface area contributed by atoms with Crippen LogP contribution in [0.2, 0.25) is 0 Å². The van der Waals surface area contributed by atoms with E-state index in [2.05, 4.69) is 20.0 Å². The van der Waals surface area contributed by atoms with Gasteiger partial charge < -0.3 is 60.8 Å². The molecule has 13 aliphatic rings. The Balaban J connectivity index is 0.000000139. The fraction of sp³-hybridized carbons (Fsp3) is 0.640. The molecule has 708 valence electrons. The highest BCUT2D eigenvalue weighted by Crippen LogP contribution is 2.68. The van der Waals surface area contributed by atoms with Crippen LogP contribution in [0.5, 0.6) is 23.0 Å². The molecule has 5 fully saturated rings. The molecule has 4 atom stereocenters. The van der Waals surface area contributed by atoms with Crippen molar-refractivity contribution >= 4 is 47.5 Å². The van der Waals surface area contributed by atoms with Gasteiger partial charge in [-0.2, -0.15) is 65.9 Å². The highest BCUT2D eigenvalue weighted by atomic mass is 19.4. The van der Waals surface area contributed by atoms with Crippen LogP contribution in [0.3, 0.4) is 0 Å². The molecular formula is C89H108F16N12O12. The summed E-state index contributed by atoms with van der Waals surface area (Å²) >= 11 is 0. The van der Waals surface area contributed by atoms with Crippen molar-refractivity contribution in [1.29, 1.82) is 0 Å². The molecular weight excluding hydrogens is 1730 g/mol. The molecule has 40 heteroatoms. The molecule has 4 heterocycles. The lowest BCUT2D eigenvalue weighted by molar-refractivity contribution is -0.158. The molecule has 0 radical (unpaired) electrons. The summed E-state index contributed by atoms with van der Waals surface area (Å²) in [6, 6.07) is 20.0. The van der Waals surface area contributed by atoms with E-state index in [0.717, 1.165) is 60.1 Å². The first-order valence-corrected chi connectivity index (χ1v) is 43.4. The van der Waals surface area contributed by atoms with Gasteiger partial charge in [0, 0.05) is 50.1 Å². The molecule has 4 unspecified atom stereocenters. The molecule has 0 aromatic heterocycles. The second kappa shape index (κ2) is 35.6. The molecule has 24 nitrogen and oxygen atoms in total. The van der Waals surface area contributed by atoms with E-state index in [0.29, 0.717) is 176 Å². The number of alkyl halides is 16. The number of carbonyl (C=O) groups is 4. The van der Waals surface area contributed by atoms with Crippen molar-refractivity contribution in [3.05, 3.63) is 117 Å². The minimum Gasteiger partial charge on any atom is -0.493 e. The van der Waals surface area contributed by atoms with Crippen molar-refractivity contribution in [2.24, 2.45) is 76.4 Å². The van der Waals surface area contributed by atoms with Gasteiger partial charge in [0.15, 0.2) is 59.2 Å². The van der Waals surface area contributed by atoms with Crippen LogP contribution >= 0.6 is 0 Å². The minimum atomic E-state index is -4.71. The van der Waals surface area contributed by atoms with Gasteiger partial charge in [-0.15, -0.1) is 0 Å². The first-order chi connectivity index (χ1) is 60.6. The number of halogens is 16. The largest absolute Gasteiger partial charge is 0.493 e. The topological polar surface area (TPSA) is 309 Å². The Bertz CT molecular complexity index is 4970. The number of carbonyl (C=O) groups excluding carboxylic acids is 4. The number of amides is 4. The minimum absolute atomic E-state index is 0.00332. The van der Waals surface area contributed by atoms with E-state index in [9.17, 15) is 89.4 Å². The molecule has 4 aromatic rings. The molecule has 17 rings (SSSR count). The molecule has 8 N–H and O–H groups in total. The Morgan fingerprint density at radius 2 is 0.628 bits per heavy atom. The normalized spacial score (nSPS) is 30.4. The van der Waals surface area contributed by atoms with Gasteiger partial charge >= 0.3 is 30.9 Å². The first kappa shape index (κ1) is 95.6. The van der Waals surface area contributed by atoms with Gasteiger partial charge in [0.2, 0.25) is 0 Å². The highest BCUT2D eigenvalue weighted by molar-refractivity contribution is 6.11. The molecule has 129 heavy (non-hydrogen) atoms. The van der Waals surface area contributed by atoms with Gasteiger partial charge in [-0.05, 0) is 246 Å². The summed E-state index contributed by atoms with van der Waals surface area (Å²) < 4.78 is 252. The summed E-state index contributed by atoms with van der Waals surface area (Å²) in [6.07, 6.45) is -7.25. The summed E-state index contributed by atoms with van der Waals surface area (Å²) in [5, 5.41) is 0. The zero-order valence-electron chi connectivity index (χ0n) is 72.4. The van der Waals surface area contributed by atoms with E-state index in [1.54, 1.807) is 46.6 Å². The van der Waals surface area contributed by atoms with E-state index in [4.69, 9.17) is 60.8 Å². The van der Waals surface area contributed by atoms with E-state index < -0.39 is 144 Å². The predicted octanol–water partition coefficient (Wildman–Crippen LogP) is 14.4. The summed E-state index contributed by atoms with van der Waals surface area (Å²) in [7, 11) is 6.53. The third-order valence-electron chi connectivity index (χ3n) is 28.8. The number of ether oxygens (including phenoxy) is 8. The molecule has 9 aliphatic carbocycles. The maximum absolute atomic E-state index is 13.8. The number of rotatable bonds is 19. The van der Waals surface area contributed by atoms with E-state index in [1.165, 1.54) is 30.7 Å². The molecule has 5 saturated carbocycles. The predicted molar refractivity (Wildman–Crippen MR) is 438 cm³/mol. The van der Waals surface area contributed by atoms with Crippen molar-refractivity contribution in [3.8, 4) is 23.0 Å². The molecule has 4 amide bonds. The van der Waals surface area contributed by atoms with Crippen molar-refractivity contribution in [1.82, 2.24) is 19.6 Å². The number of nitrogens with zero attached hydrogens (tertiary/aromatic N) is 8. The monoisotopic (exact) mass is 1840 g/mol. The standard InChI is InChI=1S/C24H30F3N3O3.C23H30F3N3O3.C21H23F6N3O3.C21H25F4N3O3/c1-32-17-7-9-22(10-8-17)12-16-5-6-18(33-13-15-3-2-4-15)11-19(16)24(22)20(31)30(21(28)29-24)14-23(25,26)27;1-14(2)12-32-17-5-4-15-11-21(8-6-16(31-3)7-9-21)23(18(15)10-17)19(30)29(20(27)28-23)13-22(24,25)26;1-32-13-4-6-18(7-5-13)9-12-2-3-14(33-11-20(25,26)27)8-15(12)21(18)16(31)30(17(28)29-21)10-19(22,23)24;1-30-14-4-6-19(7-5-14)11-13-2-3-15(31-12-20(23,24)25)10-16(13)21(19)17(29)28(9-8-22)18(26)27-21/h5-6,11,15,17H,2-4,7-10,12-14H2,1H3,(H2,28,29);4-5,10,14,16H,6-9,11-13H2,1-3H3,(H2,27,28);2-3,8,13H,4-7,9-11H2,1H3,(H2,28,29);2-3,10,14H,4-9,11-12H2,1H3,(H2,26,27). The van der Waals surface area contributed by atoms with Crippen molar-refractivity contribution in [2.75, 3.05) is 87.7 Å². The quantitative estimate of drug-likeness (QED) is 0.0634. The first-order valence-electron chi connectivity index (χ1n) is 43.4. The van der Waals surface area contributed by atoms with Gasteiger partial charge in [-0.3, -0.25) is 38.8 Å². The summed E-state index contributed by atoms with van der Waals surface area (Å²) in [5.74, 6) is -2.17. The number of benzene rings is 4. The molecule has 4 aliphatic heterocycles. The van der Waals surface area contributed by atoms with Crippen molar-refractivity contribution in [2.45, 2.75) is 239 Å². The van der Waals surface area contributed by atoms with Crippen LogP contribution in [-0.2, 0) is 86.0 Å². The smallest absolute Gasteiger partial charge is 0.422 e. The number of aliphatic imine (C=N–C) groups is 4. The van der Waals surface area contributed by atoms with Crippen LogP contribution in [0.1, 0.15) is 180 Å². The SMILES string of the molecule is COC1CCC2(CC1)Cc1ccc(OCC(C)C)cc1C21N=C(N)N(CC(F)(F)F)C1=O.COC1CCC2(CC1)Cc1ccc(OCC(F)(F)F)cc1C21N=C(N)N(CC(F)(F)F)C1=O.COC1CCC2(CC1)Cc1ccc(OCC(F)(F)F)cc1C21N=C(N)N(CCF)C1=O.COC1CCC2(CC1)Cc1ccc(OCC3CCC3)cc1C21N=C(N)N(CC(F)(F)F)C1=O. The van der Waals surface area contributed by atoms with Gasteiger partial charge in [-0.1, -0.05) is 44.5 Å². The lowest BCUT2D eigenvalue weighted by Crippen LogP contribution is -2.53. The maximum Gasteiger partial charge on any atom is 0.422 e. The van der Waals surface area contributed by atoms with Gasteiger partial charge in [0.25, 0.3) is 23.6 Å². The van der Waals surface area contributed by atoms with E-state index >= 15 is 0 Å². The summed E-state index contributed by atoms with van der Waals surface area (Å²) in [5.41, 5.74) is 20.4. The average molecular weight is 1840 g/mol. The number of guanidine groups is 4. The molecule has 8 spiro atoms. The summed E-state index contributed by atoms with van der Waals surface area (Å²) in [4.78, 5) is 75.6. The van der Waals surface area contributed by atoms with Crippen LogP contribution in [0.4, 0.5) is 70.2 Å². The zero-order chi connectivity index (χ0) is 93.4. The lowest BCUT2D eigenvalue weighted by atomic mass is 9.61. The van der Waals surface area contributed by atoms with Gasteiger partial charge in [-0.25, -0.2) is 24.4 Å². The number of fused-ring (bicyclic) bond motifs is 12. The maximum atomic E-state index is 13.8. The second-order valence-electron chi connectivity index (χ2n) is 36.9. The number of methoxy groups -OCH3 is 4.